The first-order valence-electron chi connectivity index (χ1n) is 5.30. The molecule has 0 spiro atoms. The van der Waals surface area contributed by atoms with Gasteiger partial charge in [-0.3, -0.25) is 0 Å². The number of sulfone groups is 1. The molecule has 1 unspecified atom stereocenters. The summed E-state index contributed by atoms with van der Waals surface area (Å²) in [7, 11) is -3.56. The lowest BCUT2D eigenvalue weighted by Gasteiger charge is -2.25. The highest BCUT2D eigenvalue weighted by Crippen LogP contribution is 2.26. The summed E-state index contributed by atoms with van der Waals surface area (Å²) in [6.07, 6.45) is -0.927. The zero-order valence-corrected chi connectivity index (χ0v) is 11.7. The molecular weight excluding hydrogens is 260 g/mol. The molecule has 0 amide bonds. The van der Waals surface area contributed by atoms with Crippen molar-refractivity contribution in [3.8, 4) is 0 Å². The van der Waals surface area contributed by atoms with Crippen LogP contribution in [0.2, 0.25) is 5.02 Å². The largest absolute Gasteiger partial charge is 0.392 e. The molecule has 5 heteroatoms. The van der Waals surface area contributed by atoms with E-state index in [4.69, 9.17) is 11.6 Å². The summed E-state index contributed by atoms with van der Waals surface area (Å²) in [5.41, 5.74) is -0.478. The summed E-state index contributed by atoms with van der Waals surface area (Å²) in [6.45, 7) is 5.37. The van der Waals surface area contributed by atoms with E-state index < -0.39 is 21.4 Å². The Morgan fingerprint density at radius 3 is 2.29 bits per heavy atom. The van der Waals surface area contributed by atoms with Crippen molar-refractivity contribution in [1.29, 1.82) is 0 Å². The van der Waals surface area contributed by atoms with Gasteiger partial charge in [-0.1, -0.05) is 44.5 Å². The highest BCUT2D eigenvalue weighted by molar-refractivity contribution is 7.91. The monoisotopic (exact) mass is 276 g/mol. The Bertz CT molecular complexity index is 489. The van der Waals surface area contributed by atoms with E-state index in [9.17, 15) is 13.5 Å². The maximum Gasteiger partial charge on any atom is 0.182 e. The summed E-state index contributed by atoms with van der Waals surface area (Å²) in [5.74, 6) is -0.319. The molecule has 1 atom stereocenters. The van der Waals surface area contributed by atoms with Crippen LogP contribution >= 0.6 is 11.6 Å². The topological polar surface area (TPSA) is 54.4 Å². The SMILES string of the molecule is CC(C)(C)C(O)CS(=O)(=O)c1ccccc1Cl. The van der Waals surface area contributed by atoms with Crippen LogP contribution in [-0.2, 0) is 9.84 Å². The van der Waals surface area contributed by atoms with Gasteiger partial charge in [-0.25, -0.2) is 8.42 Å². The normalized spacial score (nSPS) is 14.6. The molecule has 3 nitrogen and oxygen atoms in total. The van der Waals surface area contributed by atoms with Crippen LogP contribution in [0, 0.1) is 5.41 Å². The van der Waals surface area contributed by atoms with Gasteiger partial charge >= 0.3 is 0 Å². The van der Waals surface area contributed by atoms with Crippen LogP contribution in [-0.4, -0.2) is 25.4 Å². The number of aliphatic hydroxyl groups excluding tert-OH is 1. The zero-order chi connectivity index (χ0) is 13.3. The number of halogens is 1. The quantitative estimate of drug-likeness (QED) is 0.923. The fraction of sp³-hybridized carbons (Fsp3) is 0.500. The van der Waals surface area contributed by atoms with Crippen molar-refractivity contribution in [1.82, 2.24) is 0 Å². The van der Waals surface area contributed by atoms with Crippen molar-refractivity contribution in [2.24, 2.45) is 5.41 Å². The highest BCUT2D eigenvalue weighted by atomic mass is 35.5. The number of benzene rings is 1. The van der Waals surface area contributed by atoms with Gasteiger partial charge in [0.15, 0.2) is 9.84 Å². The van der Waals surface area contributed by atoms with E-state index in [0.29, 0.717) is 0 Å². The highest BCUT2D eigenvalue weighted by Gasteiger charge is 2.29. The van der Waals surface area contributed by atoms with Gasteiger partial charge in [0.05, 0.1) is 21.8 Å². The second kappa shape index (κ2) is 4.96. The maximum atomic E-state index is 12.1. The van der Waals surface area contributed by atoms with Gasteiger partial charge < -0.3 is 5.11 Å². The Morgan fingerprint density at radius 1 is 1.29 bits per heavy atom. The second-order valence-corrected chi connectivity index (χ2v) is 7.50. The van der Waals surface area contributed by atoms with Gasteiger partial charge in [0.25, 0.3) is 0 Å². The van der Waals surface area contributed by atoms with E-state index in [1.165, 1.54) is 12.1 Å². The Kier molecular flexibility index (Phi) is 4.23. The average molecular weight is 277 g/mol. The summed E-state index contributed by atoms with van der Waals surface area (Å²) >= 11 is 5.85. The molecule has 0 aliphatic carbocycles. The molecule has 1 rings (SSSR count). The molecule has 0 bridgehead atoms. The predicted octanol–water partition coefficient (Wildman–Crippen LogP) is 2.52. The van der Waals surface area contributed by atoms with E-state index >= 15 is 0 Å². The Hall–Kier alpha value is -0.580. The fourth-order valence-electron chi connectivity index (χ4n) is 1.24. The van der Waals surface area contributed by atoms with Crippen LogP contribution in [0.15, 0.2) is 29.2 Å². The first kappa shape index (κ1) is 14.5. The fourth-order valence-corrected chi connectivity index (χ4v) is 3.48. The zero-order valence-electron chi connectivity index (χ0n) is 10.1. The van der Waals surface area contributed by atoms with Crippen LogP contribution in [0.5, 0.6) is 0 Å². The number of hydrogen-bond donors (Lipinski definition) is 1. The van der Waals surface area contributed by atoms with E-state index in [1.807, 2.05) is 0 Å². The van der Waals surface area contributed by atoms with E-state index in [0.717, 1.165) is 0 Å². The van der Waals surface area contributed by atoms with E-state index in [2.05, 4.69) is 0 Å². The molecule has 0 aromatic heterocycles. The van der Waals surface area contributed by atoms with Crippen molar-refractivity contribution in [3.05, 3.63) is 29.3 Å². The molecule has 1 aromatic carbocycles. The lowest BCUT2D eigenvalue weighted by molar-refractivity contribution is 0.0826. The van der Waals surface area contributed by atoms with Gasteiger partial charge in [0.2, 0.25) is 0 Å². The van der Waals surface area contributed by atoms with Gasteiger partial charge in [-0.2, -0.15) is 0 Å². The average Bonchev–Trinajstić information content (AvgIpc) is 2.15. The van der Waals surface area contributed by atoms with Crippen molar-refractivity contribution < 1.29 is 13.5 Å². The predicted molar refractivity (Wildman–Crippen MR) is 69.0 cm³/mol. The molecule has 1 aromatic rings. The smallest absolute Gasteiger partial charge is 0.182 e. The van der Waals surface area contributed by atoms with Crippen LogP contribution in [0.25, 0.3) is 0 Å². The lowest BCUT2D eigenvalue weighted by Crippen LogP contribution is -2.33. The summed E-state index contributed by atoms with van der Waals surface area (Å²) in [6, 6.07) is 6.26. The lowest BCUT2D eigenvalue weighted by atomic mass is 9.90. The number of hydrogen-bond acceptors (Lipinski definition) is 3. The molecule has 0 aliphatic rings. The summed E-state index contributed by atoms with van der Waals surface area (Å²) in [4.78, 5) is 0.0740. The summed E-state index contributed by atoms with van der Waals surface area (Å²) < 4.78 is 24.1. The van der Waals surface area contributed by atoms with Crippen LogP contribution in [0.4, 0.5) is 0 Å². The second-order valence-electron chi connectivity index (χ2n) is 5.09. The molecule has 0 fully saturated rings. The van der Waals surface area contributed by atoms with Crippen molar-refractivity contribution in [2.75, 3.05) is 5.75 Å². The minimum Gasteiger partial charge on any atom is -0.392 e. The van der Waals surface area contributed by atoms with Crippen LogP contribution in [0.3, 0.4) is 0 Å². The van der Waals surface area contributed by atoms with Gasteiger partial charge in [0.1, 0.15) is 0 Å². The molecule has 0 heterocycles. The molecule has 0 saturated heterocycles. The molecule has 96 valence electrons. The van der Waals surface area contributed by atoms with Crippen molar-refractivity contribution in [2.45, 2.75) is 31.8 Å². The van der Waals surface area contributed by atoms with Gasteiger partial charge in [0, 0.05) is 0 Å². The van der Waals surface area contributed by atoms with E-state index in [-0.39, 0.29) is 15.7 Å². The molecule has 0 saturated carbocycles. The number of aliphatic hydroxyl groups is 1. The Morgan fingerprint density at radius 2 is 1.82 bits per heavy atom. The molecule has 17 heavy (non-hydrogen) atoms. The van der Waals surface area contributed by atoms with Crippen LogP contribution in [0.1, 0.15) is 20.8 Å². The third-order valence-corrected chi connectivity index (χ3v) is 4.77. The van der Waals surface area contributed by atoms with Gasteiger partial charge in [-0.05, 0) is 17.5 Å². The first-order valence-corrected chi connectivity index (χ1v) is 7.33. The molecule has 1 N–H and O–H groups in total. The molecule has 0 aliphatic heterocycles. The Balaban J connectivity index is 3.03. The van der Waals surface area contributed by atoms with Gasteiger partial charge in [-0.15, -0.1) is 0 Å². The maximum absolute atomic E-state index is 12.1. The number of rotatable bonds is 3. The minimum absolute atomic E-state index is 0.0740. The third kappa shape index (κ3) is 3.69. The molecular formula is C12H17ClO3S. The minimum atomic E-state index is -3.56. The standard InChI is InChI=1S/C12H17ClO3S/c1-12(2,3)11(14)8-17(15,16)10-7-5-4-6-9(10)13/h4-7,11,14H,8H2,1-3H3. The van der Waals surface area contributed by atoms with Crippen molar-refractivity contribution in [3.63, 3.8) is 0 Å². The Labute approximate surface area is 107 Å². The first-order chi connectivity index (χ1) is 7.64. The molecule has 0 radical (unpaired) electrons. The van der Waals surface area contributed by atoms with E-state index in [1.54, 1.807) is 32.9 Å². The third-order valence-electron chi connectivity index (χ3n) is 2.55. The van der Waals surface area contributed by atoms with Crippen LogP contribution < -0.4 is 0 Å². The van der Waals surface area contributed by atoms with Crippen molar-refractivity contribution >= 4 is 21.4 Å². The summed E-state index contributed by atoms with van der Waals surface area (Å²) in [5, 5.41) is 10.0.